The van der Waals surface area contributed by atoms with Crippen LogP contribution in [-0.4, -0.2) is 68.5 Å². The number of phosphoric ester groups is 1. The lowest BCUT2D eigenvalue weighted by Gasteiger charge is -2.29. The van der Waals surface area contributed by atoms with E-state index >= 15 is 0 Å². The van der Waals surface area contributed by atoms with Gasteiger partial charge in [-0.15, -0.1) is 0 Å². The van der Waals surface area contributed by atoms with Crippen LogP contribution in [0.25, 0.3) is 0 Å². The summed E-state index contributed by atoms with van der Waals surface area (Å²) in [5.74, 6) is -0.242. The average Bonchev–Trinajstić information content (AvgIpc) is 3.09. The molecule has 3 unspecified atom stereocenters. The molecule has 3 atom stereocenters. The van der Waals surface area contributed by atoms with E-state index in [1.54, 1.807) is 6.08 Å². The molecule has 9 heteroatoms. The van der Waals surface area contributed by atoms with E-state index < -0.39 is 26.6 Å². The van der Waals surface area contributed by atoms with Crippen molar-refractivity contribution in [3.8, 4) is 0 Å². The number of hydrogen-bond donors (Lipinski definition) is 2. The maximum Gasteiger partial charge on any atom is 0.268 e. The Hall–Kier alpha value is -4.40. The van der Waals surface area contributed by atoms with Crippen molar-refractivity contribution in [1.29, 1.82) is 0 Å². The fourth-order valence-electron chi connectivity index (χ4n) is 9.52. The number of rotatable bonds is 64. The predicted molar refractivity (Wildman–Crippen MR) is 393 cm³/mol. The molecule has 0 fully saturated rings. The van der Waals surface area contributed by atoms with Gasteiger partial charge in [0.25, 0.3) is 7.82 Å². The standard InChI is InChI=1S/C81H135N2O6P/c1-6-8-10-12-14-16-18-20-22-24-26-28-30-32-34-35-36-37-38-39-40-41-42-43-44-45-46-47-49-51-53-55-57-59-61-63-65-67-69-71-73-75-81(85)82-79(78-89-90(86,87)88-77-76-83(3,4)5)80(84)74-72-70-68-66-64-62-60-58-56-54-52-50-48-33-31-29-27-25-23-21-19-17-15-13-11-9-7-2/h8,10,14,16,20,22,26,28,32,34,36-37,39-40,42-43,45-46,49,51,55-58,61,63-64,66,72,74,79-80,84H,6-7,9,11-13,15,17-19,21,23-25,27,29-31,33,35,38,41,44,47-48,50,52-54,59-60,62,65,67-71,73,75-78H2,1-5H3,(H-,82,85,86,87)/b10-8-,16-14-,22-20-,28-26-,34-32-,37-36-,40-39-,43-42-,46-45-,51-49-,57-55-,58-56+,63-61-,66-64+,74-72+. The molecule has 90 heavy (non-hydrogen) atoms. The van der Waals surface area contributed by atoms with E-state index in [0.29, 0.717) is 23.9 Å². The molecule has 0 heterocycles. The second-order valence-corrected chi connectivity index (χ2v) is 26.2. The Morgan fingerprint density at radius 1 is 0.400 bits per heavy atom. The molecular weight excluding hydrogens is 1130 g/mol. The number of carbonyl (C=O) groups is 1. The van der Waals surface area contributed by atoms with Crippen LogP contribution in [0.2, 0.25) is 0 Å². The number of unbranched alkanes of at least 4 members (excludes halogenated alkanes) is 23. The predicted octanol–water partition coefficient (Wildman–Crippen LogP) is 23.0. The van der Waals surface area contributed by atoms with E-state index in [1.807, 2.05) is 27.2 Å². The van der Waals surface area contributed by atoms with Crippen molar-refractivity contribution < 1.29 is 32.9 Å². The summed E-state index contributed by atoms with van der Waals surface area (Å²) in [5, 5.41) is 13.9. The highest BCUT2D eigenvalue weighted by Crippen LogP contribution is 2.38. The van der Waals surface area contributed by atoms with Crippen LogP contribution in [0.4, 0.5) is 0 Å². The Morgan fingerprint density at radius 2 is 0.689 bits per heavy atom. The third-order valence-electron chi connectivity index (χ3n) is 15.1. The Labute approximate surface area is 555 Å². The maximum atomic E-state index is 13.0. The zero-order chi connectivity index (χ0) is 65.5. The summed E-state index contributed by atoms with van der Waals surface area (Å²) in [6.45, 7) is 4.48. The molecule has 0 aromatic carbocycles. The van der Waals surface area contributed by atoms with Crippen LogP contribution in [0.5, 0.6) is 0 Å². The van der Waals surface area contributed by atoms with Gasteiger partial charge in [-0.25, -0.2) is 0 Å². The molecule has 0 aliphatic rings. The van der Waals surface area contributed by atoms with Gasteiger partial charge in [0, 0.05) is 6.42 Å². The number of amides is 1. The van der Waals surface area contributed by atoms with E-state index in [1.165, 1.54) is 116 Å². The van der Waals surface area contributed by atoms with Gasteiger partial charge >= 0.3 is 0 Å². The molecule has 8 nitrogen and oxygen atoms in total. The minimum absolute atomic E-state index is 0.0240. The number of hydrogen-bond acceptors (Lipinski definition) is 6. The lowest BCUT2D eigenvalue weighted by molar-refractivity contribution is -0.870. The Bertz CT molecular complexity index is 2130. The third kappa shape index (κ3) is 71.0. The maximum absolute atomic E-state index is 13.0. The molecule has 0 aromatic heterocycles. The molecule has 0 saturated carbocycles. The normalized spacial score (nSPS) is 14.7. The van der Waals surface area contributed by atoms with E-state index in [-0.39, 0.29) is 18.9 Å². The number of likely N-dealkylation sites (N-methyl/N-ethyl adjacent to an activating group) is 1. The lowest BCUT2D eigenvalue weighted by Crippen LogP contribution is -2.45. The summed E-state index contributed by atoms with van der Waals surface area (Å²) in [6, 6.07) is -0.940. The lowest BCUT2D eigenvalue weighted by atomic mass is 10.0. The van der Waals surface area contributed by atoms with Crippen molar-refractivity contribution in [2.45, 2.75) is 283 Å². The molecule has 2 N–H and O–H groups in total. The first-order valence-electron chi connectivity index (χ1n) is 36.1. The number of aliphatic hydroxyl groups is 1. The highest BCUT2D eigenvalue weighted by atomic mass is 31.2. The molecule has 510 valence electrons. The molecule has 0 rings (SSSR count). The van der Waals surface area contributed by atoms with Crippen molar-refractivity contribution in [3.05, 3.63) is 182 Å². The van der Waals surface area contributed by atoms with Crippen molar-refractivity contribution in [1.82, 2.24) is 5.32 Å². The largest absolute Gasteiger partial charge is 0.756 e. The highest BCUT2D eigenvalue weighted by molar-refractivity contribution is 7.45. The first kappa shape index (κ1) is 85.6. The minimum Gasteiger partial charge on any atom is -0.756 e. The van der Waals surface area contributed by atoms with Crippen LogP contribution in [0.15, 0.2) is 182 Å². The second kappa shape index (κ2) is 69.0. The summed E-state index contributed by atoms with van der Waals surface area (Å²) in [4.78, 5) is 25.6. The molecule has 0 spiro atoms. The monoisotopic (exact) mass is 1260 g/mol. The summed E-state index contributed by atoms with van der Waals surface area (Å²) in [6.07, 6.45) is 110. The summed E-state index contributed by atoms with van der Waals surface area (Å²) >= 11 is 0. The van der Waals surface area contributed by atoms with Crippen molar-refractivity contribution in [3.63, 3.8) is 0 Å². The molecular formula is C81H135N2O6P. The molecule has 0 bridgehead atoms. The van der Waals surface area contributed by atoms with E-state index in [0.717, 1.165) is 122 Å². The minimum atomic E-state index is -4.64. The Balaban J connectivity index is 4.26. The van der Waals surface area contributed by atoms with Gasteiger partial charge in [-0.1, -0.05) is 312 Å². The number of aliphatic hydroxyl groups excluding tert-OH is 1. The quantitative estimate of drug-likeness (QED) is 0.0272. The van der Waals surface area contributed by atoms with E-state index in [4.69, 9.17) is 9.05 Å². The van der Waals surface area contributed by atoms with Gasteiger partial charge in [-0.2, -0.15) is 0 Å². The van der Waals surface area contributed by atoms with E-state index in [2.05, 4.69) is 189 Å². The van der Waals surface area contributed by atoms with Crippen LogP contribution in [-0.2, 0) is 18.4 Å². The summed E-state index contributed by atoms with van der Waals surface area (Å²) in [7, 11) is 1.19. The molecule has 0 aliphatic heterocycles. The van der Waals surface area contributed by atoms with Crippen LogP contribution in [0.3, 0.4) is 0 Å². The number of allylic oxidation sites excluding steroid dienone is 29. The molecule has 0 saturated heterocycles. The molecule has 0 aromatic rings. The van der Waals surface area contributed by atoms with E-state index in [9.17, 15) is 19.4 Å². The first-order valence-corrected chi connectivity index (χ1v) is 37.6. The second-order valence-electron chi connectivity index (χ2n) is 24.8. The van der Waals surface area contributed by atoms with Crippen molar-refractivity contribution >= 4 is 13.7 Å². The number of phosphoric acid groups is 1. The van der Waals surface area contributed by atoms with Crippen LogP contribution in [0.1, 0.15) is 271 Å². The zero-order valence-electron chi connectivity index (χ0n) is 58.3. The SMILES string of the molecule is CC/C=C\C/C=C\C/C=C\C/C=C\C/C=C\C/C=C\C/C=C\C/C=C\C/C=C\C/C=C\C/C=C\C/C=C\CCCCCCC(=O)NC(COP(=O)([O-])OCC[N+](C)(C)C)C(O)/C=C/CC/C=C/CC/C=C/CCCCCCCCCCCCCCCCCCC. The Morgan fingerprint density at radius 3 is 1.03 bits per heavy atom. The zero-order valence-corrected chi connectivity index (χ0v) is 59.2. The number of nitrogens with one attached hydrogen (secondary N) is 1. The van der Waals surface area contributed by atoms with Crippen LogP contribution < -0.4 is 10.2 Å². The number of quaternary nitrogens is 1. The summed E-state index contributed by atoms with van der Waals surface area (Å²) in [5.41, 5.74) is 0. The van der Waals surface area contributed by atoms with Crippen LogP contribution in [0, 0.1) is 0 Å². The fraction of sp³-hybridized carbons (Fsp3) is 0.617. The first-order chi connectivity index (χ1) is 44.0. The average molecular weight is 1260 g/mol. The summed E-state index contributed by atoms with van der Waals surface area (Å²) < 4.78 is 23.4. The van der Waals surface area contributed by atoms with Crippen LogP contribution >= 0.6 is 7.82 Å². The van der Waals surface area contributed by atoms with Gasteiger partial charge in [0.2, 0.25) is 5.91 Å². The van der Waals surface area contributed by atoms with Gasteiger partial charge in [0.15, 0.2) is 0 Å². The smallest absolute Gasteiger partial charge is 0.268 e. The van der Waals surface area contributed by atoms with Gasteiger partial charge < -0.3 is 28.8 Å². The van der Waals surface area contributed by atoms with Gasteiger partial charge in [0.1, 0.15) is 13.2 Å². The van der Waals surface area contributed by atoms with Gasteiger partial charge in [-0.3, -0.25) is 9.36 Å². The highest BCUT2D eigenvalue weighted by Gasteiger charge is 2.23. The topological polar surface area (TPSA) is 108 Å². The molecule has 0 radical (unpaired) electrons. The van der Waals surface area contributed by atoms with Crippen molar-refractivity contribution in [2.75, 3.05) is 40.9 Å². The molecule has 1 amide bonds. The molecule has 0 aliphatic carbocycles. The fourth-order valence-corrected chi connectivity index (χ4v) is 10.2. The van der Waals surface area contributed by atoms with Crippen molar-refractivity contribution in [2.24, 2.45) is 0 Å². The Kier molecular flexibility index (Phi) is 65.6. The number of carbonyl (C=O) groups excluding carboxylic acids is 1. The number of nitrogens with zero attached hydrogens (tertiary/aromatic N) is 1. The third-order valence-corrected chi connectivity index (χ3v) is 16.0. The van der Waals surface area contributed by atoms with Gasteiger partial charge in [0.05, 0.1) is 39.9 Å². The van der Waals surface area contributed by atoms with Gasteiger partial charge in [-0.05, 0) is 135 Å².